The molecule has 0 aliphatic rings. The topological polar surface area (TPSA) is 80.4 Å². The number of aromatic nitrogens is 1. The molecule has 0 saturated heterocycles. The minimum absolute atomic E-state index is 0.194. The van der Waals surface area contributed by atoms with Crippen molar-refractivity contribution in [3.05, 3.63) is 96.6 Å². The van der Waals surface area contributed by atoms with Gasteiger partial charge in [0.2, 0.25) is 0 Å². The molecule has 0 spiro atoms. The van der Waals surface area contributed by atoms with Crippen molar-refractivity contribution < 1.29 is 14.2 Å². The lowest BCUT2D eigenvalue weighted by Gasteiger charge is -2.10. The van der Waals surface area contributed by atoms with Gasteiger partial charge in [0.1, 0.15) is 23.1 Å². The van der Waals surface area contributed by atoms with Crippen LogP contribution < -0.4 is 15.8 Å². The third kappa shape index (κ3) is 4.27. The summed E-state index contributed by atoms with van der Waals surface area (Å²) in [4.78, 5) is 4.59. The molecular formula is C23H18FN3O2. The Bertz CT molecular complexity index is 1190. The molecule has 4 aromatic rings. The van der Waals surface area contributed by atoms with Crippen molar-refractivity contribution in [3.8, 4) is 17.2 Å². The van der Waals surface area contributed by atoms with Crippen LogP contribution in [0, 0.1) is 5.82 Å². The highest BCUT2D eigenvalue weighted by Gasteiger charge is 2.07. The summed E-state index contributed by atoms with van der Waals surface area (Å²) in [6, 6.07) is 21.8. The maximum absolute atomic E-state index is 13.4. The first-order chi connectivity index (χ1) is 14.1. The molecule has 29 heavy (non-hydrogen) atoms. The van der Waals surface area contributed by atoms with Crippen LogP contribution in [0.1, 0.15) is 5.69 Å². The Morgan fingerprint density at radius 1 is 1.00 bits per heavy atom. The number of nitrogens with zero attached hydrogens (tertiary/aromatic N) is 1. The van der Waals surface area contributed by atoms with Gasteiger partial charge in [-0.05, 0) is 60.7 Å². The van der Waals surface area contributed by atoms with Crippen molar-refractivity contribution >= 4 is 22.3 Å². The molecule has 6 heteroatoms. The van der Waals surface area contributed by atoms with Crippen LogP contribution in [-0.4, -0.2) is 10.1 Å². The third-order valence-corrected chi connectivity index (χ3v) is 4.27. The normalized spacial score (nSPS) is 11.4. The predicted octanol–water partition coefficient (Wildman–Crippen LogP) is 5.24. The zero-order chi connectivity index (χ0) is 20.2. The predicted molar refractivity (Wildman–Crippen MR) is 112 cm³/mol. The van der Waals surface area contributed by atoms with E-state index >= 15 is 0 Å². The molecule has 0 unspecified atom stereocenters. The molecule has 4 N–H and O–H groups in total. The number of ether oxygens (including phenoxy) is 1. The molecule has 144 valence electrons. The summed E-state index contributed by atoms with van der Waals surface area (Å²) in [5.74, 6) is 0.832. The van der Waals surface area contributed by atoms with E-state index in [1.54, 1.807) is 54.7 Å². The van der Waals surface area contributed by atoms with Gasteiger partial charge in [0.15, 0.2) is 0 Å². The summed E-state index contributed by atoms with van der Waals surface area (Å²) in [6.45, 7) is 0. The molecule has 0 amide bonds. The van der Waals surface area contributed by atoms with Gasteiger partial charge < -0.3 is 20.9 Å². The Balaban J connectivity index is 1.59. The van der Waals surface area contributed by atoms with Crippen LogP contribution in [0.15, 0.2) is 85.1 Å². The number of hydrogen-bond acceptors (Lipinski definition) is 5. The van der Waals surface area contributed by atoms with E-state index in [4.69, 9.17) is 10.5 Å². The number of benzene rings is 3. The van der Waals surface area contributed by atoms with Crippen LogP contribution >= 0.6 is 0 Å². The molecule has 0 atom stereocenters. The van der Waals surface area contributed by atoms with Gasteiger partial charge in [0, 0.05) is 23.3 Å². The lowest BCUT2D eigenvalue weighted by atomic mass is 10.1. The summed E-state index contributed by atoms with van der Waals surface area (Å²) in [5.41, 5.74) is 8.71. The van der Waals surface area contributed by atoms with Crippen molar-refractivity contribution in [1.82, 2.24) is 4.98 Å². The SMILES string of the molecule is N/C(=C\Nc1ccc(O)cc1)c1ccc2c(Oc3cccc(F)c3)cccc2n1. The number of phenolic OH excluding ortho intramolecular Hbond substituents is 1. The number of nitrogens with one attached hydrogen (secondary N) is 1. The van der Waals surface area contributed by atoms with E-state index in [9.17, 15) is 9.50 Å². The maximum Gasteiger partial charge on any atom is 0.136 e. The Kier molecular flexibility index (Phi) is 4.99. The van der Waals surface area contributed by atoms with Crippen molar-refractivity contribution in [1.29, 1.82) is 0 Å². The van der Waals surface area contributed by atoms with E-state index in [-0.39, 0.29) is 11.6 Å². The first-order valence-corrected chi connectivity index (χ1v) is 8.93. The van der Waals surface area contributed by atoms with Crippen LogP contribution in [0.25, 0.3) is 16.6 Å². The first-order valence-electron chi connectivity index (χ1n) is 8.93. The average Bonchev–Trinajstić information content (AvgIpc) is 2.73. The molecule has 0 bridgehead atoms. The summed E-state index contributed by atoms with van der Waals surface area (Å²) in [7, 11) is 0. The van der Waals surface area contributed by atoms with Crippen molar-refractivity contribution in [3.63, 3.8) is 0 Å². The molecule has 0 aliphatic heterocycles. The number of phenols is 1. The second-order valence-corrected chi connectivity index (χ2v) is 6.37. The number of halogens is 1. The van der Waals surface area contributed by atoms with Gasteiger partial charge in [-0.15, -0.1) is 0 Å². The number of fused-ring (bicyclic) bond motifs is 1. The average molecular weight is 387 g/mol. The largest absolute Gasteiger partial charge is 0.508 e. The fourth-order valence-electron chi connectivity index (χ4n) is 2.83. The number of rotatable bonds is 5. The molecule has 3 aromatic carbocycles. The zero-order valence-electron chi connectivity index (χ0n) is 15.3. The van der Waals surface area contributed by atoms with Gasteiger partial charge in [-0.25, -0.2) is 9.37 Å². The molecule has 5 nitrogen and oxygen atoms in total. The van der Waals surface area contributed by atoms with Gasteiger partial charge >= 0.3 is 0 Å². The van der Waals surface area contributed by atoms with Crippen LogP contribution in [-0.2, 0) is 0 Å². The van der Waals surface area contributed by atoms with Crippen LogP contribution in [0.2, 0.25) is 0 Å². The molecule has 4 rings (SSSR count). The lowest BCUT2D eigenvalue weighted by Crippen LogP contribution is -2.02. The summed E-state index contributed by atoms with van der Waals surface area (Å²) < 4.78 is 19.2. The monoisotopic (exact) mass is 387 g/mol. The molecule has 0 aliphatic carbocycles. The van der Waals surface area contributed by atoms with E-state index in [2.05, 4.69) is 10.3 Å². The van der Waals surface area contributed by atoms with Crippen molar-refractivity contribution in [2.24, 2.45) is 5.73 Å². The highest BCUT2D eigenvalue weighted by Crippen LogP contribution is 2.30. The summed E-state index contributed by atoms with van der Waals surface area (Å²) in [6.07, 6.45) is 1.65. The Morgan fingerprint density at radius 3 is 2.59 bits per heavy atom. The number of nitrogens with two attached hydrogens (primary N) is 1. The van der Waals surface area contributed by atoms with Gasteiger partial charge in [-0.2, -0.15) is 0 Å². The number of aromatic hydroxyl groups is 1. The smallest absolute Gasteiger partial charge is 0.136 e. The standard InChI is InChI=1S/C23H18FN3O2/c24-15-3-1-4-18(13-15)29-23-6-2-5-21-19(23)11-12-22(27-21)20(25)14-26-16-7-9-17(28)10-8-16/h1-14,26,28H,25H2/b20-14-. The fraction of sp³-hybridized carbons (Fsp3) is 0. The van der Waals surface area contributed by atoms with E-state index < -0.39 is 0 Å². The van der Waals surface area contributed by atoms with Gasteiger partial charge in [0.25, 0.3) is 0 Å². The van der Waals surface area contributed by atoms with Crippen molar-refractivity contribution in [2.45, 2.75) is 0 Å². The molecule has 0 radical (unpaired) electrons. The molecule has 1 aromatic heterocycles. The summed E-state index contributed by atoms with van der Waals surface area (Å²) >= 11 is 0. The highest BCUT2D eigenvalue weighted by molar-refractivity contribution is 5.86. The second kappa shape index (κ2) is 7.90. The lowest BCUT2D eigenvalue weighted by molar-refractivity contribution is 0.475. The van der Waals surface area contributed by atoms with Crippen LogP contribution in [0.3, 0.4) is 0 Å². The number of hydrogen-bond donors (Lipinski definition) is 3. The molecule has 0 saturated carbocycles. The van der Waals surface area contributed by atoms with E-state index in [0.717, 1.165) is 11.1 Å². The number of anilines is 1. The summed E-state index contributed by atoms with van der Waals surface area (Å²) in [5, 5.41) is 13.2. The Labute approximate surface area is 166 Å². The van der Waals surface area contributed by atoms with E-state index in [0.29, 0.717) is 28.4 Å². The Hall–Kier alpha value is -4.06. The van der Waals surface area contributed by atoms with E-state index in [1.165, 1.54) is 12.1 Å². The zero-order valence-corrected chi connectivity index (χ0v) is 15.3. The quantitative estimate of drug-likeness (QED) is 0.408. The Morgan fingerprint density at radius 2 is 1.79 bits per heavy atom. The number of pyridine rings is 1. The van der Waals surface area contributed by atoms with Gasteiger partial charge in [-0.1, -0.05) is 12.1 Å². The fourth-order valence-corrected chi connectivity index (χ4v) is 2.83. The first kappa shape index (κ1) is 18.3. The van der Waals surface area contributed by atoms with Gasteiger partial charge in [0.05, 0.1) is 16.9 Å². The molecule has 1 heterocycles. The van der Waals surface area contributed by atoms with Crippen LogP contribution in [0.4, 0.5) is 10.1 Å². The molecular weight excluding hydrogens is 369 g/mol. The van der Waals surface area contributed by atoms with E-state index in [1.807, 2.05) is 18.2 Å². The minimum Gasteiger partial charge on any atom is -0.508 e. The molecule has 0 fully saturated rings. The van der Waals surface area contributed by atoms with Crippen molar-refractivity contribution in [2.75, 3.05) is 5.32 Å². The second-order valence-electron chi connectivity index (χ2n) is 6.37. The maximum atomic E-state index is 13.4. The highest BCUT2D eigenvalue weighted by atomic mass is 19.1. The third-order valence-electron chi connectivity index (χ3n) is 4.27. The minimum atomic E-state index is -0.359. The van der Waals surface area contributed by atoms with Crippen LogP contribution in [0.5, 0.6) is 17.2 Å². The van der Waals surface area contributed by atoms with Gasteiger partial charge in [-0.3, -0.25) is 0 Å².